The van der Waals surface area contributed by atoms with Crippen molar-refractivity contribution in [1.82, 2.24) is 5.32 Å². The number of rotatable bonds is 3. The van der Waals surface area contributed by atoms with Crippen molar-refractivity contribution in [2.75, 3.05) is 13.1 Å². The van der Waals surface area contributed by atoms with Crippen molar-refractivity contribution in [3.8, 4) is 11.5 Å². The molecule has 0 amide bonds. The van der Waals surface area contributed by atoms with E-state index < -0.39 is 6.36 Å². The molecule has 1 unspecified atom stereocenters. The Morgan fingerprint density at radius 2 is 2.00 bits per heavy atom. The predicted octanol–water partition coefficient (Wildman–Crippen LogP) is 3.87. The normalized spacial score (nSPS) is 20.3. The van der Waals surface area contributed by atoms with Crippen molar-refractivity contribution in [3.63, 3.8) is 0 Å². The fourth-order valence-electron chi connectivity index (χ4n) is 2.06. The van der Waals surface area contributed by atoms with Crippen molar-refractivity contribution in [2.45, 2.75) is 31.7 Å². The molecule has 20 heavy (non-hydrogen) atoms. The zero-order valence-corrected chi connectivity index (χ0v) is 12.3. The molecule has 0 radical (unpaired) electrons. The number of nitrogens with one attached hydrogen (secondary N) is 1. The number of ether oxygens (including phenoxy) is 2. The van der Waals surface area contributed by atoms with Crippen LogP contribution in [0.3, 0.4) is 0 Å². The molecule has 1 aliphatic heterocycles. The van der Waals surface area contributed by atoms with E-state index in [0.29, 0.717) is 5.75 Å². The zero-order chi connectivity index (χ0) is 14.6. The Balaban J connectivity index is 2.01. The average molecular weight is 354 g/mol. The monoisotopic (exact) mass is 353 g/mol. The quantitative estimate of drug-likeness (QED) is 0.894. The van der Waals surface area contributed by atoms with Gasteiger partial charge in [-0.15, -0.1) is 13.2 Å². The van der Waals surface area contributed by atoms with Gasteiger partial charge in [0.15, 0.2) is 0 Å². The summed E-state index contributed by atoms with van der Waals surface area (Å²) in [4.78, 5) is 0. The van der Waals surface area contributed by atoms with Gasteiger partial charge in [0.2, 0.25) is 0 Å². The maximum Gasteiger partial charge on any atom is 0.573 e. The molecule has 0 spiro atoms. The van der Waals surface area contributed by atoms with Crippen LogP contribution < -0.4 is 14.8 Å². The molecular formula is C13H15BrF3NO2. The van der Waals surface area contributed by atoms with Crippen LogP contribution >= 0.6 is 15.9 Å². The van der Waals surface area contributed by atoms with Crippen molar-refractivity contribution < 1.29 is 22.6 Å². The number of halogens is 4. The van der Waals surface area contributed by atoms with E-state index in [9.17, 15) is 13.2 Å². The zero-order valence-electron chi connectivity index (χ0n) is 10.7. The van der Waals surface area contributed by atoms with Crippen molar-refractivity contribution in [3.05, 3.63) is 22.7 Å². The molecule has 3 nitrogen and oxygen atoms in total. The Kier molecular flexibility index (Phi) is 5.15. The first kappa shape index (κ1) is 15.4. The second-order valence-corrected chi connectivity index (χ2v) is 5.42. The summed E-state index contributed by atoms with van der Waals surface area (Å²) >= 11 is 3.06. The highest BCUT2D eigenvalue weighted by Gasteiger charge is 2.32. The first-order chi connectivity index (χ1) is 9.44. The molecule has 1 aromatic carbocycles. The Hall–Kier alpha value is -0.950. The summed E-state index contributed by atoms with van der Waals surface area (Å²) in [7, 11) is 0. The lowest BCUT2D eigenvalue weighted by Gasteiger charge is -2.18. The molecule has 1 heterocycles. The smallest absolute Gasteiger partial charge is 0.490 e. The highest BCUT2D eigenvalue weighted by atomic mass is 79.9. The Morgan fingerprint density at radius 3 is 2.70 bits per heavy atom. The van der Waals surface area contributed by atoms with E-state index >= 15 is 0 Å². The summed E-state index contributed by atoms with van der Waals surface area (Å²) < 4.78 is 46.4. The van der Waals surface area contributed by atoms with Gasteiger partial charge in [-0.2, -0.15) is 0 Å². The summed E-state index contributed by atoms with van der Waals surface area (Å²) in [5, 5.41) is 3.27. The molecule has 1 atom stereocenters. The van der Waals surface area contributed by atoms with Crippen LogP contribution in [0, 0.1) is 0 Å². The molecule has 0 bridgehead atoms. The van der Waals surface area contributed by atoms with Crippen LogP contribution in [0.25, 0.3) is 0 Å². The van der Waals surface area contributed by atoms with Gasteiger partial charge in [0.1, 0.15) is 11.5 Å². The van der Waals surface area contributed by atoms with Crippen molar-refractivity contribution >= 4 is 15.9 Å². The molecule has 1 fully saturated rings. The van der Waals surface area contributed by atoms with E-state index in [2.05, 4.69) is 26.0 Å². The third kappa shape index (κ3) is 4.86. The van der Waals surface area contributed by atoms with Gasteiger partial charge in [0.25, 0.3) is 0 Å². The summed E-state index contributed by atoms with van der Waals surface area (Å²) in [5.41, 5.74) is 0. The fraction of sp³-hybridized carbons (Fsp3) is 0.538. The maximum atomic E-state index is 12.2. The molecule has 1 aromatic rings. The minimum Gasteiger partial charge on any atom is -0.490 e. The van der Waals surface area contributed by atoms with Crippen LogP contribution in [-0.4, -0.2) is 25.6 Å². The van der Waals surface area contributed by atoms with Gasteiger partial charge < -0.3 is 14.8 Å². The molecule has 1 aliphatic rings. The van der Waals surface area contributed by atoms with Crippen LogP contribution in [-0.2, 0) is 0 Å². The molecule has 0 saturated carbocycles. The Morgan fingerprint density at radius 1 is 1.20 bits per heavy atom. The molecule has 0 aromatic heterocycles. The molecule has 2 rings (SSSR count). The maximum absolute atomic E-state index is 12.2. The first-order valence-electron chi connectivity index (χ1n) is 6.37. The lowest BCUT2D eigenvalue weighted by Crippen LogP contribution is -2.19. The van der Waals surface area contributed by atoms with Gasteiger partial charge in [0, 0.05) is 0 Å². The fourth-order valence-corrected chi connectivity index (χ4v) is 2.50. The van der Waals surface area contributed by atoms with Crippen LogP contribution in [0.4, 0.5) is 13.2 Å². The lowest BCUT2D eigenvalue weighted by molar-refractivity contribution is -0.274. The number of benzene rings is 1. The molecule has 112 valence electrons. The van der Waals surface area contributed by atoms with Crippen LogP contribution in [0.15, 0.2) is 22.7 Å². The van der Waals surface area contributed by atoms with Gasteiger partial charge in [-0.1, -0.05) is 0 Å². The van der Waals surface area contributed by atoms with E-state index in [1.54, 1.807) is 0 Å². The minimum absolute atomic E-state index is 0.0892. The second kappa shape index (κ2) is 6.67. The average Bonchev–Trinajstić information content (AvgIpc) is 2.60. The molecule has 7 heteroatoms. The van der Waals surface area contributed by atoms with E-state index in [-0.39, 0.29) is 16.3 Å². The third-order valence-electron chi connectivity index (χ3n) is 2.95. The number of hydrogen-bond donors (Lipinski definition) is 1. The molecule has 1 saturated heterocycles. The van der Waals surface area contributed by atoms with Crippen LogP contribution in [0.1, 0.15) is 19.3 Å². The standard InChI is InChI=1S/C13H15BrF3NO2/c14-11-8-10(3-4-12(11)20-13(15,16)17)19-9-2-1-6-18-7-5-9/h3-4,8-9,18H,1-2,5-7H2. The first-order valence-corrected chi connectivity index (χ1v) is 7.16. The summed E-state index contributed by atoms with van der Waals surface area (Å²) in [6, 6.07) is 4.24. The van der Waals surface area contributed by atoms with Crippen molar-refractivity contribution in [1.29, 1.82) is 0 Å². The third-order valence-corrected chi connectivity index (χ3v) is 3.57. The topological polar surface area (TPSA) is 30.5 Å². The minimum atomic E-state index is -4.70. The number of hydrogen-bond acceptors (Lipinski definition) is 3. The Bertz CT molecular complexity index is 446. The summed E-state index contributed by atoms with van der Waals surface area (Å²) in [6.07, 6.45) is -1.76. The van der Waals surface area contributed by atoms with E-state index in [0.717, 1.165) is 32.4 Å². The molecular weight excluding hydrogens is 339 g/mol. The second-order valence-electron chi connectivity index (χ2n) is 4.56. The molecule has 0 aliphatic carbocycles. The van der Waals surface area contributed by atoms with Gasteiger partial charge in [-0.3, -0.25) is 0 Å². The number of alkyl halides is 3. The van der Waals surface area contributed by atoms with Crippen LogP contribution in [0.2, 0.25) is 0 Å². The van der Waals surface area contributed by atoms with E-state index in [1.807, 2.05) is 0 Å². The van der Waals surface area contributed by atoms with Gasteiger partial charge in [-0.25, -0.2) is 0 Å². The lowest BCUT2D eigenvalue weighted by atomic mass is 10.1. The highest BCUT2D eigenvalue weighted by Crippen LogP contribution is 2.33. The van der Waals surface area contributed by atoms with Gasteiger partial charge in [0.05, 0.1) is 10.6 Å². The SMILES string of the molecule is FC(F)(F)Oc1ccc(OC2CCCNCC2)cc1Br. The van der Waals surface area contributed by atoms with E-state index in [4.69, 9.17) is 4.74 Å². The predicted molar refractivity (Wildman–Crippen MR) is 72.0 cm³/mol. The van der Waals surface area contributed by atoms with Gasteiger partial charge in [-0.05, 0) is 66.5 Å². The van der Waals surface area contributed by atoms with Gasteiger partial charge >= 0.3 is 6.36 Å². The van der Waals surface area contributed by atoms with Crippen LogP contribution in [0.5, 0.6) is 11.5 Å². The van der Waals surface area contributed by atoms with E-state index in [1.165, 1.54) is 18.2 Å². The molecule has 1 N–H and O–H groups in total. The summed E-state index contributed by atoms with van der Waals surface area (Å²) in [5.74, 6) is 0.269. The summed E-state index contributed by atoms with van der Waals surface area (Å²) in [6.45, 7) is 1.86. The van der Waals surface area contributed by atoms with Crippen molar-refractivity contribution in [2.24, 2.45) is 0 Å². The highest BCUT2D eigenvalue weighted by molar-refractivity contribution is 9.10. The largest absolute Gasteiger partial charge is 0.573 e. The Labute approximate surface area is 123 Å².